The number of carbonyl (C=O) groups is 3. The molecule has 1 aliphatic rings. The van der Waals surface area contributed by atoms with E-state index in [1.54, 1.807) is 11.4 Å². The van der Waals surface area contributed by atoms with Crippen LogP contribution in [0.25, 0.3) is 11.1 Å². The quantitative estimate of drug-likeness (QED) is 0.523. The number of amides is 2. The SMILES string of the molecule is CCCNC(=O)CN1CCN(CC(=O)Nc2scc(-c3ccccc3Cl)c2C(=O)OC)CC1. The van der Waals surface area contributed by atoms with Crippen LogP contribution in [0.1, 0.15) is 23.7 Å². The van der Waals surface area contributed by atoms with Gasteiger partial charge in [0.1, 0.15) is 10.6 Å². The Kier molecular flexibility index (Phi) is 9.25. The lowest BCUT2D eigenvalue weighted by molar-refractivity contribution is -0.123. The van der Waals surface area contributed by atoms with Gasteiger partial charge in [0.2, 0.25) is 11.8 Å². The van der Waals surface area contributed by atoms with Crippen molar-refractivity contribution in [1.82, 2.24) is 15.1 Å². The first kappa shape index (κ1) is 25.2. The number of methoxy groups -OCH3 is 1. The van der Waals surface area contributed by atoms with E-state index in [1.807, 2.05) is 30.0 Å². The fraction of sp³-hybridized carbons (Fsp3) is 0.435. The van der Waals surface area contributed by atoms with Gasteiger partial charge in [0.25, 0.3) is 0 Å². The Balaban J connectivity index is 1.59. The van der Waals surface area contributed by atoms with Gasteiger partial charge >= 0.3 is 5.97 Å². The average molecular weight is 493 g/mol. The van der Waals surface area contributed by atoms with Crippen LogP contribution in [-0.2, 0) is 14.3 Å². The molecule has 2 amide bonds. The van der Waals surface area contributed by atoms with E-state index in [4.69, 9.17) is 16.3 Å². The molecule has 178 valence electrons. The molecule has 1 fully saturated rings. The maximum absolute atomic E-state index is 12.7. The van der Waals surface area contributed by atoms with Crippen LogP contribution in [0.4, 0.5) is 5.00 Å². The van der Waals surface area contributed by atoms with Crippen LogP contribution in [-0.4, -0.2) is 80.5 Å². The maximum Gasteiger partial charge on any atom is 0.341 e. The molecule has 0 spiro atoms. The van der Waals surface area contributed by atoms with Crippen LogP contribution in [0.15, 0.2) is 29.6 Å². The summed E-state index contributed by atoms with van der Waals surface area (Å²) in [5.41, 5.74) is 1.63. The number of nitrogens with zero attached hydrogens (tertiary/aromatic N) is 2. The van der Waals surface area contributed by atoms with Crippen molar-refractivity contribution in [1.29, 1.82) is 0 Å². The predicted octanol–water partition coefficient (Wildman–Crippen LogP) is 2.94. The number of hydrogen-bond donors (Lipinski definition) is 2. The molecule has 0 bridgehead atoms. The number of esters is 1. The van der Waals surface area contributed by atoms with Crippen LogP contribution in [0, 0.1) is 0 Å². The standard InChI is InChI=1S/C23H29ClN4O4S/c1-3-8-25-19(29)13-27-9-11-28(12-10-27)14-20(30)26-22-21(23(31)32-2)17(15-33-22)16-6-4-5-7-18(16)24/h4-7,15H,3,8-14H2,1-2H3,(H,25,29)(H,26,30). The highest BCUT2D eigenvalue weighted by molar-refractivity contribution is 7.15. The molecule has 0 aliphatic carbocycles. The highest BCUT2D eigenvalue weighted by Gasteiger charge is 2.25. The van der Waals surface area contributed by atoms with Crippen molar-refractivity contribution in [2.24, 2.45) is 0 Å². The number of benzene rings is 1. The van der Waals surface area contributed by atoms with Gasteiger partial charge in [0.15, 0.2) is 0 Å². The third-order valence-corrected chi connectivity index (χ3v) is 6.59. The molecular formula is C23H29ClN4O4S. The number of hydrogen-bond acceptors (Lipinski definition) is 7. The Labute approximate surface area is 202 Å². The lowest BCUT2D eigenvalue weighted by Gasteiger charge is -2.33. The second kappa shape index (κ2) is 12.1. The molecule has 0 saturated carbocycles. The van der Waals surface area contributed by atoms with Gasteiger partial charge in [-0.25, -0.2) is 4.79 Å². The Morgan fingerprint density at radius 3 is 2.27 bits per heavy atom. The van der Waals surface area contributed by atoms with E-state index in [2.05, 4.69) is 15.5 Å². The fourth-order valence-corrected chi connectivity index (χ4v) is 4.83. The second-order valence-electron chi connectivity index (χ2n) is 7.78. The van der Waals surface area contributed by atoms with Crippen LogP contribution in [0.5, 0.6) is 0 Å². The number of anilines is 1. The molecule has 1 aromatic carbocycles. The molecule has 0 unspecified atom stereocenters. The van der Waals surface area contributed by atoms with Crippen molar-refractivity contribution in [3.63, 3.8) is 0 Å². The van der Waals surface area contributed by atoms with E-state index >= 15 is 0 Å². The third kappa shape index (κ3) is 6.77. The zero-order valence-electron chi connectivity index (χ0n) is 18.9. The fourth-order valence-electron chi connectivity index (χ4n) is 3.63. The van der Waals surface area contributed by atoms with Gasteiger partial charge in [-0.3, -0.25) is 19.4 Å². The molecule has 33 heavy (non-hydrogen) atoms. The summed E-state index contributed by atoms with van der Waals surface area (Å²) < 4.78 is 4.96. The Bertz CT molecular complexity index is 989. The van der Waals surface area contributed by atoms with E-state index in [-0.39, 0.29) is 18.4 Å². The second-order valence-corrected chi connectivity index (χ2v) is 9.06. The highest BCUT2D eigenvalue weighted by atomic mass is 35.5. The zero-order valence-corrected chi connectivity index (χ0v) is 20.4. The minimum atomic E-state index is -0.531. The lowest BCUT2D eigenvalue weighted by atomic mass is 10.0. The summed E-state index contributed by atoms with van der Waals surface area (Å²) in [5, 5.41) is 8.50. The minimum Gasteiger partial charge on any atom is -0.465 e. The zero-order chi connectivity index (χ0) is 23.8. The van der Waals surface area contributed by atoms with Gasteiger partial charge in [-0.2, -0.15) is 0 Å². The summed E-state index contributed by atoms with van der Waals surface area (Å²) in [7, 11) is 1.31. The molecule has 2 N–H and O–H groups in total. The molecule has 3 rings (SSSR count). The molecule has 8 nitrogen and oxygen atoms in total. The van der Waals surface area contributed by atoms with Gasteiger partial charge in [0, 0.05) is 54.3 Å². The molecule has 0 radical (unpaired) electrons. The lowest BCUT2D eigenvalue weighted by Crippen LogP contribution is -2.51. The smallest absolute Gasteiger partial charge is 0.341 e. The van der Waals surface area contributed by atoms with Gasteiger partial charge in [-0.05, 0) is 12.5 Å². The monoisotopic (exact) mass is 492 g/mol. The number of ether oxygens (including phenoxy) is 1. The van der Waals surface area contributed by atoms with E-state index in [9.17, 15) is 14.4 Å². The largest absolute Gasteiger partial charge is 0.465 e. The van der Waals surface area contributed by atoms with Crippen LogP contribution in [0.2, 0.25) is 5.02 Å². The van der Waals surface area contributed by atoms with Crippen molar-refractivity contribution in [2.45, 2.75) is 13.3 Å². The number of piperazine rings is 1. The summed E-state index contributed by atoms with van der Waals surface area (Å²) in [6.07, 6.45) is 0.913. The molecule has 0 atom stereocenters. The van der Waals surface area contributed by atoms with Crippen LogP contribution < -0.4 is 10.6 Å². The normalized spacial score (nSPS) is 14.6. The summed E-state index contributed by atoms with van der Waals surface area (Å²) in [6.45, 7) is 6.10. The predicted molar refractivity (Wildman–Crippen MR) is 131 cm³/mol. The molecule has 2 heterocycles. The average Bonchev–Trinajstić information content (AvgIpc) is 3.21. The van der Waals surface area contributed by atoms with Gasteiger partial charge in [0.05, 0.1) is 20.2 Å². The number of halogens is 1. The van der Waals surface area contributed by atoms with Crippen LogP contribution in [0.3, 0.4) is 0 Å². The van der Waals surface area contributed by atoms with E-state index in [1.165, 1.54) is 18.4 Å². The number of carbonyl (C=O) groups excluding carboxylic acids is 3. The van der Waals surface area contributed by atoms with Crippen LogP contribution >= 0.6 is 22.9 Å². The summed E-state index contributed by atoms with van der Waals surface area (Å²) >= 11 is 7.58. The molecule has 2 aromatic rings. The number of rotatable bonds is 9. The first-order valence-electron chi connectivity index (χ1n) is 10.9. The van der Waals surface area contributed by atoms with Gasteiger partial charge in [-0.15, -0.1) is 11.3 Å². The van der Waals surface area contributed by atoms with E-state index in [0.717, 1.165) is 19.5 Å². The maximum atomic E-state index is 12.7. The Morgan fingerprint density at radius 1 is 1.03 bits per heavy atom. The molecular weight excluding hydrogens is 464 g/mol. The van der Waals surface area contributed by atoms with E-state index < -0.39 is 5.97 Å². The topological polar surface area (TPSA) is 91.0 Å². The van der Waals surface area contributed by atoms with Crippen molar-refractivity contribution < 1.29 is 19.1 Å². The summed E-state index contributed by atoms with van der Waals surface area (Å²) in [4.78, 5) is 41.3. The molecule has 1 aromatic heterocycles. The third-order valence-electron chi connectivity index (χ3n) is 5.37. The number of thiophene rings is 1. The number of nitrogens with one attached hydrogen (secondary N) is 2. The van der Waals surface area contributed by atoms with Crippen molar-refractivity contribution in [2.75, 3.05) is 58.2 Å². The first-order chi connectivity index (χ1) is 15.9. The Morgan fingerprint density at radius 2 is 1.67 bits per heavy atom. The first-order valence-corrected chi connectivity index (χ1v) is 12.1. The highest BCUT2D eigenvalue weighted by Crippen LogP contribution is 2.39. The Hall–Kier alpha value is -2.46. The van der Waals surface area contributed by atoms with Gasteiger partial charge < -0.3 is 15.4 Å². The summed E-state index contributed by atoms with van der Waals surface area (Å²) in [5.74, 6) is -0.705. The molecule has 10 heteroatoms. The van der Waals surface area contributed by atoms with Crippen molar-refractivity contribution >= 4 is 45.7 Å². The van der Waals surface area contributed by atoms with Crippen molar-refractivity contribution in [3.05, 3.63) is 40.2 Å². The minimum absolute atomic E-state index is 0.0328. The van der Waals surface area contributed by atoms with Gasteiger partial charge in [-0.1, -0.05) is 36.7 Å². The summed E-state index contributed by atoms with van der Waals surface area (Å²) in [6, 6.07) is 7.23. The molecule has 1 saturated heterocycles. The van der Waals surface area contributed by atoms with E-state index in [0.29, 0.717) is 52.9 Å². The van der Waals surface area contributed by atoms with Crippen molar-refractivity contribution in [3.8, 4) is 11.1 Å². The molecule has 1 aliphatic heterocycles.